The van der Waals surface area contributed by atoms with Crippen LogP contribution < -0.4 is 4.74 Å². The molecule has 0 N–H and O–H groups in total. The number of rotatable bonds is 6. The van der Waals surface area contributed by atoms with E-state index in [4.69, 9.17) is 4.74 Å². The lowest BCUT2D eigenvalue weighted by Crippen LogP contribution is -1.88. The van der Waals surface area contributed by atoms with Crippen LogP contribution in [0.4, 0.5) is 0 Å². The van der Waals surface area contributed by atoms with Gasteiger partial charge in [0.15, 0.2) is 0 Å². The molecule has 2 aromatic rings. The molecule has 0 bridgehead atoms. The summed E-state index contributed by atoms with van der Waals surface area (Å²) in [7, 11) is 1.70. The van der Waals surface area contributed by atoms with Gasteiger partial charge >= 0.3 is 0 Å². The van der Waals surface area contributed by atoms with Crippen molar-refractivity contribution in [2.75, 3.05) is 13.7 Å². The monoisotopic (exact) mass is 267 g/mol. The third-order valence-electron chi connectivity index (χ3n) is 3.21. The van der Waals surface area contributed by atoms with Crippen molar-refractivity contribution in [1.29, 1.82) is 0 Å². The second-order valence-electron chi connectivity index (χ2n) is 4.71. The second-order valence-corrected chi connectivity index (χ2v) is 4.71. The highest BCUT2D eigenvalue weighted by Gasteiger charge is 2.03. The van der Waals surface area contributed by atoms with E-state index < -0.39 is 0 Å². The molecule has 0 heterocycles. The molecular weight excluding hydrogens is 246 g/mol. The molecule has 0 aliphatic carbocycles. The number of para-hydroxylation sites is 1. The van der Waals surface area contributed by atoms with Crippen molar-refractivity contribution in [3.63, 3.8) is 0 Å². The van der Waals surface area contributed by atoms with E-state index in [9.17, 15) is 0 Å². The maximum atomic E-state index is 5.40. The van der Waals surface area contributed by atoms with Crippen LogP contribution in [0.1, 0.15) is 25.3 Å². The van der Waals surface area contributed by atoms with Gasteiger partial charge in [-0.3, -0.25) is 4.99 Å². The molecule has 0 atom stereocenters. The summed E-state index contributed by atoms with van der Waals surface area (Å²) < 4.78 is 5.40. The van der Waals surface area contributed by atoms with Crippen LogP contribution in [0, 0.1) is 0 Å². The molecule has 0 amide bonds. The first-order chi connectivity index (χ1) is 9.85. The molecule has 20 heavy (non-hydrogen) atoms. The zero-order valence-electron chi connectivity index (χ0n) is 12.2. The molecule has 0 spiro atoms. The Morgan fingerprint density at radius 3 is 2.50 bits per heavy atom. The van der Waals surface area contributed by atoms with Gasteiger partial charge in [-0.15, -0.1) is 0 Å². The number of hydrogen-bond donors (Lipinski definition) is 0. The van der Waals surface area contributed by atoms with Gasteiger partial charge in [-0.05, 0) is 23.6 Å². The van der Waals surface area contributed by atoms with E-state index in [0.717, 1.165) is 35.4 Å². The van der Waals surface area contributed by atoms with Gasteiger partial charge in [-0.1, -0.05) is 55.8 Å². The summed E-state index contributed by atoms with van der Waals surface area (Å²) in [5.41, 5.74) is 3.41. The van der Waals surface area contributed by atoms with Crippen molar-refractivity contribution in [3.8, 4) is 16.9 Å². The normalized spacial score (nSPS) is 10.9. The zero-order valence-corrected chi connectivity index (χ0v) is 12.2. The van der Waals surface area contributed by atoms with E-state index in [1.807, 2.05) is 24.4 Å². The number of hydrogen-bond acceptors (Lipinski definition) is 2. The number of ether oxygens (including phenoxy) is 1. The van der Waals surface area contributed by atoms with Gasteiger partial charge in [0.1, 0.15) is 5.75 Å². The molecule has 0 fully saturated rings. The maximum absolute atomic E-state index is 5.40. The van der Waals surface area contributed by atoms with Crippen molar-refractivity contribution in [1.82, 2.24) is 0 Å². The van der Waals surface area contributed by atoms with Crippen LogP contribution in [0.15, 0.2) is 53.5 Å². The van der Waals surface area contributed by atoms with E-state index in [0.29, 0.717) is 0 Å². The highest BCUT2D eigenvalue weighted by Crippen LogP contribution is 2.29. The average molecular weight is 267 g/mol. The molecule has 0 saturated carbocycles. The van der Waals surface area contributed by atoms with Crippen LogP contribution in [-0.4, -0.2) is 19.9 Å². The summed E-state index contributed by atoms with van der Waals surface area (Å²) in [6.45, 7) is 3.09. The minimum absolute atomic E-state index is 0.900. The number of unbranched alkanes of at least 4 members (excludes halogenated alkanes) is 1. The Hall–Kier alpha value is -2.09. The molecule has 2 aromatic carbocycles. The Morgan fingerprint density at radius 2 is 1.80 bits per heavy atom. The highest BCUT2D eigenvalue weighted by atomic mass is 16.5. The average Bonchev–Trinajstić information content (AvgIpc) is 2.52. The topological polar surface area (TPSA) is 21.6 Å². The number of nitrogens with zero attached hydrogens (tertiary/aromatic N) is 1. The molecule has 104 valence electrons. The minimum Gasteiger partial charge on any atom is -0.496 e. The van der Waals surface area contributed by atoms with Crippen molar-refractivity contribution in [2.45, 2.75) is 19.8 Å². The molecule has 2 nitrogen and oxygen atoms in total. The molecule has 0 aliphatic rings. The number of methoxy groups -OCH3 is 1. The Labute approximate surface area is 121 Å². The molecule has 0 radical (unpaired) electrons. The predicted molar refractivity (Wildman–Crippen MR) is 85.8 cm³/mol. The second kappa shape index (κ2) is 7.49. The van der Waals surface area contributed by atoms with E-state index in [1.165, 1.54) is 6.42 Å². The Kier molecular flexibility index (Phi) is 5.36. The van der Waals surface area contributed by atoms with E-state index >= 15 is 0 Å². The predicted octanol–water partition coefficient (Wildman–Crippen LogP) is 4.58. The number of aliphatic imine (C=N–C) groups is 1. The molecule has 2 rings (SSSR count). The van der Waals surface area contributed by atoms with Crippen LogP contribution in [0.5, 0.6) is 5.75 Å². The fraction of sp³-hybridized carbons (Fsp3) is 0.278. The van der Waals surface area contributed by atoms with Gasteiger partial charge in [-0.2, -0.15) is 0 Å². The Bertz CT molecular complexity index is 558. The molecule has 0 unspecified atom stereocenters. The summed E-state index contributed by atoms with van der Waals surface area (Å²) >= 11 is 0. The summed E-state index contributed by atoms with van der Waals surface area (Å²) in [6, 6.07) is 16.5. The van der Waals surface area contributed by atoms with E-state index in [1.54, 1.807) is 7.11 Å². The molecule has 0 saturated heterocycles. The van der Waals surface area contributed by atoms with Crippen LogP contribution >= 0.6 is 0 Å². The molecule has 2 heteroatoms. The van der Waals surface area contributed by atoms with Crippen LogP contribution in [-0.2, 0) is 0 Å². The summed E-state index contributed by atoms with van der Waals surface area (Å²) in [5.74, 6) is 0.900. The lowest BCUT2D eigenvalue weighted by molar-refractivity contribution is 0.416. The first kappa shape index (κ1) is 14.3. The SMILES string of the molecule is CCCCN=Cc1ccc(-c2ccccc2OC)cc1. The Morgan fingerprint density at radius 1 is 1.05 bits per heavy atom. The van der Waals surface area contributed by atoms with Gasteiger partial charge in [0.25, 0.3) is 0 Å². The van der Waals surface area contributed by atoms with Crippen molar-refractivity contribution in [3.05, 3.63) is 54.1 Å². The fourth-order valence-electron chi connectivity index (χ4n) is 2.05. The third-order valence-corrected chi connectivity index (χ3v) is 3.21. The largest absolute Gasteiger partial charge is 0.496 e. The highest BCUT2D eigenvalue weighted by molar-refractivity contribution is 5.81. The van der Waals surface area contributed by atoms with Crippen LogP contribution in [0.3, 0.4) is 0 Å². The lowest BCUT2D eigenvalue weighted by atomic mass is 10.0. The van der Waals surface area contributed by atoms with Gasteiger partial charge in [0, 0.05) is 18.3 Å². The van der Waals surface area contributed by atoms with Crippen molar-refractivity contribution < 1.29 is 4.74 Å². The first-order valence-corrected chi connectivity index (χ1v) is 7.08. The number of benzene rings is 2. The van der Waals surface area contributed by atoms with Crippen LogP contribution in [0.25, 0.3) is 11.1 Å². The first-order valence-electron chi connectivity index (χ1n) is 7.08. The van der Waals surface area contributed by atoms with Gasteiger partial charge in [0.2, 0.25) is 0 Å². The van der Waals surface area contributed by atoms with E-state index in [2.05, 4.69) is 42.2 Å². The maximum Gasteiger partial charge on any atom is 0.126 e. The smallest absolute Gasteiger partial charge is 0.126 e. The molecule has 0 aromatic heterocycles. The van der Waals surface area contributed by atoms with E-state index in [-0.39, 0.29) is 0 Å². The summed E-state index contributed by atoms with van der Waals surface area (Å²) in [6.07, 6.45) is 4.28. The Balaban J connectivity index is 2.13. The van der Waals surface area contributed by atoms with Gasteiger partial charge in [0.05, 0.1) is 7.11 Å². The fourth-order valence-corrected chi connectivity index (χ4v) is 2.05. The summed E-state index contributed by atoms with van der Waals surface area (Å²) in [5, 5.41) is 0. The molecule has 0 aliphatic heterocycles. The van der Waals surface area contributed by atoms with Gasteiger partial charge < -0.3 is 4.74 Å². The summed E-state index contributed by atoms with van der Waals surface area (Å²) in [4.78, 5) is 4.42. The van der Waals surface area contributed by atoms with Crippen LogP contribution in [0.2, 0.25) is 0 Å². The standard InChI is InChI=1S/C18H21NO/c1-3-4-13-19-14-15-9-11-16(12-10-15)17-7-5-6-8-18(17)20-2/h5-12,14H,3-4,13H2,1-2H3. The lowest BCUT2D eigenvalue weighted by Gasteiger charge is -2.08. The quantitative estimate of drug-likeness (QED) is 0.554. The molecular formula is C18H21NO. The van der Waals surface area contributed by atoms with Gasteiger partial charge in [-0.25, -0.2) is 0 Å². The third kappa shape index (κ3) is 3.70. The van der Waals surface area contributed by atoms with Crippen molar-refractivity contribution in [2.24, 2.45) is 4.99 Å². The zero-order chi connectivity index (χ0) is 14.2. The van der Waals surface area contributed by atoms with Crippen molar-refractivity contribution >= 4 is 6.21 Å². The minimum atomic E-state index is 0.900.